The number of carbonyl (C=O) groups excluding carboxylic acids is 1. The van der Waals surface area contributed by atoms with Crippen molar-refractivity contribution in [2.45, 2.75) is 19.3 Å². The molecule has 0 unspecified atom stereocenters. The highest BCUT2D eigenvalue weighted by atomic mass is 35.5. The van der Waals surface area contributed by atoms with Gasteiger partial charge in [-0.1, -0.05) is 29.8 Å². The molecule has 2 N–H and O–H groups in total. The van der Waals surface area contributed by atoms with Gasteiger partial charge in [0, 0.05) is 11.6 Å². The number of rotatable bonds is 4. The fraction of sp³-hybridized carbons (Fsp3) is 0.143. The number of benzene rings is 1. The Bertz CT molecular complexity index is 1310. The Kier molecular flexibility index (Phi) is 4.72. The standard InChI is InChI=1S/C21H16ClN5O2S/c22-14-7-2-1-5-12(14)19(28)24-18-11-16(17-9-4-10-30-17)26-27(18)21-23-15-8-3-6-13(15)20(29)25-21/h1-2,4-5,7,9-11H,3,6,8H2,(H,24,28)(H,23,25,29). The van der Waals surface area contributed by atoms with E-state index in [9.17, 15) is 9.59 Å². The Morgan fingerprint density at radius 2 is 2.07 bits per heavy atom. The summed E-state index contributed by atoms with van der Waals surface area (Å²) in [5.74, 6) is 0.297. The number of thiophene rings is 1. The van der Waals surface area contributed by atoms with E-state index in [0.29, 0.717) is 22.1 Å². The predicted molar refractivity (Wildman–Crippen MR) is 117 cm³/mol. The first-order chi connectivity index (χ1) is 14.6. The quantitative estimate of drug-likeness (QED) is 0.503. The third-order valence-corrected chi connectivity index (χ3v) is 6.19. The number of H-pyrrole nitrogens is 1. The van der Waals surface area contributed by atoms with E-state index in [1.165, 1.54) is 16.0 Å². The summed E-state index contributed by atoms with van der Waals surface area (Å²) in [6.07, 6.45) is 2.39. The Balaban J connectivity index is 1.60. The fourth-order valence-electron chi connectivity index (χ4n) is 3.53. The minimum Gasteiger partial charge on any atom is -0.306 e. The van der Waals surface area contributed by atoms with Gasteiger partial charge in [0.1, 0.15) is 11.5 Å². The van der Waals surface area contributed by atoms with Crippen LogP contribution in [0.1, 0.15) is 28.0 Å². The fourth-order valence-corrected chi connectivity index (χ4v) is 4.44. The summed E-state index contributed by atoms with van der Waals surface area (Å²) in [6, 6.07) is 12.4. The number of hydrogen-bond acceptors (Lipinski definition) is 5. The van der Waals surface area contributed by atoms with E-state index >= 15 is 0 Å². The molecule has 150 valence electrons. The molecule has 3 heterocycles. The molecule has 0 bridgehead atoms. The zero-order valence-corrected chi connectivity index (χ0v) is 17.3. The molecule has 0 aliphatic heterocycles. The number of fused-ring (bicyclic) bond motifs is 1. The SMILES string of the molecule is O=C(Nc1cc(-c2cccs2)nn1-c1nc2c(c(=O)[nH]1)CCC2)c1ccccc1Cl. The van der Waals surface area contributed by atoms with E-state index < -0.39 is 0 Å². The summed E-state index contributed by atoms with van der Waals surface area (Å²) >= 11 is 7.70. The average molecular weight is 438 g/mol. The van der Waals surface area contributed by atoms with Crippen LogP contribution in [0.5, 0.6) is 0 Å². The number of aromatic amines is 1. The van der Waals surface area contributed by atoms with Crippen LogP contribution in [0.2, 0.25) is 5.02 Å². The van der Waals surface area contributed by atoms with Crippen LogP contribution in [0.25, 0.3) is 16.5 Å². The molecule has 3 aromatic heterocycles. The summed E-state index contributed by atoms with van der Waals surface area (Å²) in [4.78, 5) is 33.7. The van der Waals surface area contributed by atoms with Crippen molar-refractivity contribution in [3.05, 3.63) is 80.0 Å². The van der Waals surface area contributed by atoms with Crippen LogP contribution >= 0.6 is 22.9 Å². The lowest BCUT2D eigenvalue weighted by Crippen LogP contribution is -2.21. The van der Waals surface area contributed by atoms with E-state index in [0.717, 1.165) is 35.4 Å². The highest BCUT2D eigenvalue weighted by Crippen LogP contribution is 2.28. The van der Waals surface area contributed by atoms with Crippen molar-refractivity contribution in [2.24, 2.45) is 0 Å². The van der Waals surface area contributed by atoms with Crippen LogP contribution in [-0.2, 0) is 12.8 Å². The number of amides is 1. The van der Waals surface area contributed by atoms with Gasteiger partial charge in [0.25, 0.3) is 11.5 Å². The largest absolute Gasteiger partial charge is 0.306 e. The van der Waals surface area contributed by atoms with Gasteiger partial charge in [-0.15, -0.1) is 11.3 Å². The van der Waals surface area contributed by atoms with E-state index in [1.807, 2.05) is 17.5 Å². The van der Waals surface area contributed by atoms with Gasteiger partial charge in [0.15, 0.2) is 0 Å². The molecule has 9 heteroatoms. The lowest BCUT2D eigenvalue weighted by molar-refractivity contribution is 0.102. The third kappa shape index (κ3) is 3.34. The molecule has 1 aliphatic carbocycles. The van der Waals surface area contributed by atoms with Crippen molar-refractivity contribution in [1.29, 1.82) is 0 Å². The second-order valence-corrected chi connectivity index (χ2v) is 8.26. The minimum absolute atomic E-state index is 0.163. The van der Waals surface area contributed by atoms with Crippen LogP contribution in [0, 0.1) is 0 Å². The van der Waals surface area contributed by atoms with Gasteiger partial charge in [0.05, 0.1) is 21.2 Å². The Hall–Kier alpha value is -3.23. The molecule has 0 saturated carbocycles. The van der Waals surface area contributed by atoms with Gasteiger partial charge in [-0.2, -0.15) is 9.78 Å². The third-order valence-electron chi connectivity index (χ3n) is 4.97. The number of carbonyl (C=O) groups is 1. The zero-order valence-electron chi connectivity index (χ0n) is 15.7. The molecular weight excluding hydrogens is 422 g/mol. The summed E-state index contributed by atoms with van der Waals surface area (Å²) in [5, 5.41) is 9.76. The van der Waals surface area contributed by atoms with Crippen LogP contribution in [0.3, 0.4) is 0 Å². The van der Waals surface area contributed by atoms with Crippen LogP contribution < -0.4 is 10.9 Å². The number of nitrogens with one attached hydrogen (secondary N) is 2. The van der Waals surface area contributed by atoms with Crippen molar-refractivity contribution in [1.82, 2.24) is 19.7 Å². The first-order valence-corrected chi connectivity index (χ1v) is 10.7. The maximum absolute atomic E-state index is 12.8. The number of aryl methyl sites for hydroxylation is 1. The highest BCUT2D eigenvalue weighted by molar-refractivity contribution is 7.13. The number of nitrogens with zero attached hydrogens (tertiary/aromatic N) is 3. The molecule has 0 radical (unpaired) electrons. The molecule has 0 fully saturated rings. The molecule has 0 saturated heterocycles. The zero-order chi connectivity index (χ0) is 20.7. The molecule has 4 aromatic rings. The molecule has 1 amide bonds. The van der Waals surface area contributed by atoms with Gasteiger partial charge < -0.3 is 5.32 Å². The Labute approximate surface area is 180 Å². The second kappa shape index (κ2) is 7.55. The molecule has 7 nitrogen and oxygen atoms in total. The first kappa shape index (κ1) is 18.8. The second-order valence-electron chi connectivity index (χ2n) is 6.91. The van der Waals surface area contributed by atoms with E-state index in [1.54, 1.807) is 30.3 Å². The molecule has 1 aromatic carbocycles. The van der Waals surface area contributed by atoms with Gasteiger partial charge in [-0.05, 0) is 42.8 Å². The summed E-state index contributed by atoms with van der Waals surface area (Å²) in [6.45, 7) is 0. The molecule has 0 atom stereocenters. The topological polar surface area (TPSA) is 92.7 Å². The highest BCUT2D eigenvalue weighted by Gasteiger charge is 2.21. The Morgan fingerprint density at radius 1 is 1.20 bits per heavy atom. The minimum atomic E-state index is -0.372. The lowest BCUT2D eigenvalue weighted by atomic mass is 10.2. The van der Waals surface area contributed by atoms with Crippen LogP contribution in [0.15, 0.2) is 52.6 Å². The van der Waals surface area contributed by atoms with Crippen molar-refractivity contribution < 1.29 is 4.79 Å². The number of halogens is 1. The molecule has 30 heavy (non-hydrogen) atoms. The number of hydrogen-bond donors (Lipinski definition) is 2. The van der Waals surface area contributed by atoms with Gasteiger partial charge in [-0.3, -0.25) is 14.6 Å². The first-order valence-electron chi connectivity index (χ1n) is 9.42. The van der Waals surface area contributed by atoms with E-state index in [4.69, 9.17) is 11.6 Å². The van der Waals surface area contributed by atoms with E-state index in [2.05, 4.69) is 20.4 Å². The van der Waals surface area contributed by atoms with Crippen molar-refractivity contribution in [2.75, 3.05) is 5.32 Å². The smallest absolute Gasteiger partial charge is 0.258 e. The molecular formula is C21H16ClN5O2S. The Morgan fingerprint density at radius 3 is 2.87 bits per heavy atom. The normalized spacial score (nSPS) is 12.7. The van der Waals surface area contributed by atoms with Crippen LogP contribution in [-0.4, -0.2) is 25.7 Å². The maximum Gasteiger partial charge on any atom is 0.258 e. The van der Waals surface area contributed by atoms with Gasteiger partial charge in [0.2, 0.25) is 5.95 Å². The number of aromatic nitrogens is 4. The van der Waals surface area contributed by atoms with Crippen molar-refractivity contribution >= 4 is 34.7 Å². The summed E-state index contributed by atoms with van der Waals surface area (Å²) < 4.78 is 1.46. The van der Waals surface area contributed by atoms with Crippen molar-refractivity contribution in [3.63, 3.8) is 0 Å². The lowest BCUT2D eigenvalue weighted by Gasteiger charge is -2.10. The van der Waals surface area contributed by atoms with Crippen LogP contribution in [0.4, 0.5) is 5.82 Å². The van der Waals surface area contributed by atoms with E-state index in [-0.39, 0.29) is 17.4 Å². The van der Waals surface area contributed by atoms with Gasteiger partial charge >= 0.3 is 0 Å². The predicted octanol–water partition coefficient (Wildman–Crippen LogP) is 4.08. The van der Waals surface area contributed by atoms with Gasteiger partial charge in [-0.25, -0.2) is 4.98 Å². The van der Waals surface area contributed by atoms with Crippen molar-refractivity contribution in [3.8, 4) is 16.5 Å². The summed E-state index contributed by atoms with van der Waals surface area (Å²) in [7, 11) is 0. The summed E-state index contributed by atoms with van der Waals surface area (Å²) in [5.41, 5.74) is 2.36. The number of anilines is 1. The molecule has 0 spiro atoms. The maximum atomic E-state index is 12.8. The molecule has 1 aliphatic rings. The molecule has 5 rings (SSSR count). The average Bonchev–Trinajstić information content (AvgIpc) is 3.48. The monoisotopic (exact) mass is 437 g/mol.